The van der Waals surface area contributed by atoms with Crippen LogP contribution in [0.5, 0.6) is 5.75 Å². The number of benzene rings is 1. The Morgan fingerprint density at radius 1 is 1.06 bits per heavy atom. The number of pyridine rings is 1. The third kappa shape index (κ3) is 3.55. The number of carbonyl (C=O) groups is 1. The molecule has 2 aromatic rings. The van der Waals surface area contributed by atoms with Gasteiger partial charge in [0.1, 0.15) is 11.3 Å². The lowest BCUT2D eigenvalue weighted by Crippen LogP contribution is -2.64. The highest BCUT2D eigenvalue weighted by atomic mass is 16.5. The molecule has 7 nitrogen and oxygen atoms in total. The number of nitrogens with zero attached hydrogens (tertiary/aromatic N) is 2. The highest BCUT2D eigenvalue weighted by molar-refractivity contribution is 6.02. The summed E-state index contributed by atoms with van der Waals surface area (Å²) < 4.78 is 7.22. The van der Waals surface area contributed by atoms with Crippen LogP contribution in [0.4, 0.5) is 0 Å². The molecular weight excluding hydrogens is 430 g/mol. The number of aromatic nitrogens is 1. The third-order valence-corrected chi connectivity index (χ3v) is 8.85. The zero-order chi connectivity index (χ0) is 23.4. The van der Waals surface area contributed by atoms with E-state index < -0.39 is 11.5 Å². The molecule has 0 spiro atoms. The summed E-state index contributed by atoms with van der Waals surface area (Å²) in [6.45, 7) is 3.27. The minimum Gasteiger partial charge on any atom is -0.506 e. The van der Waals surface area contributed by atoms with E-state index in [2.05, 4.69) is 17.1 Å². The summed E-state index contributed by atoms with van der Waals surface area (Å²) in [7, 11) is 0. The van der Waals surface area contributed by atoms with Crippen molar-refractivity contribution in [1.29, 1.82) is 0 Å². The van der Waals surface area contributed by atoms with Gasteiger partial charge in [0.25, 0.3) is 11.5 Å². The SMILES string of the molecule is CCC(NC(=O)c1c(O)c2ccccc2n(C2CCOCC2)c1=O)N1C2CC3CC(C2)CC1C3. The van der Waals surface area contributed by atoms with E-state index in [1.807, 2.05) is 18.2 Å². The normalized spacial score (nSPS) is 30.0. The fraction of sp³-hybridized carbons (Fsp3) is 0.630. The van der Waals surface area contributed by atoms with Crippen LogP contribution in [0.15, 0.2) is 29.1 Å². The molecule has 2 saturated carbocycles. The molecule has 1 unspecified atom stereocenters. The number of aromatic hydroxyl groups is 1. The number of para-hydroxylation sites is 1. The van der Waals surface area contributed by atoms with Crippen LogP contribution in [-0.4, -0.2) is 51.9 Å². The van der Waals surface area contributed by atoms with Gasteiger partial charge >= 0.3 is 0 Å². The van der Waals surface area contributed by atoms with Crippen LogP contribution < -0.4 is 10.9 Å². The molecule has 3 aliphatic heterocycles. The molecule has 2 N–H and O–H groups in total. The molecule has 1 aromatic heterocycles. The number of nitrogens with one attached hydrogen (secondary N) is 1. The van der Waals surface area contributed by atoms with Crippen LogP contribution in [-0.2, 0) is 4.74 Å². The van der Waals surface area contributed by atoms with Gasteiger partial charge in [0.2, 0.25) is 0 Å². The van der Waals surface area contributed by atoms with Crippen molar-refractivity contribution in [1.82, 2.24) is 14.8 Å². The largest absolute Gasteiger partial charge is 0.506 e. The van der Waals surface area contributed by atoms with E-state index in [1.54, 1.807) is 10.6 Å². The molecule has 5 aliphatic rings. The molecule has 5 fully saturated rings. The Morgan fingerprint density at radius 2 is 1.71 bits per heavy atom. The molecule has 7 rings (SSSR count). The minimum atomic E-state index is -0.463. The van der Waals surface area contributed by atoms with Crippen molar-refractivity contribution < 1.29 is 14.6 Å². The molecule has 182 valence electrons. The molecule has 1 amide bonds. The van der Waals surface area contributed by atoms with Crippen LogP contribution >= 0.6 is 0 Å². The van der Waals surface area contributed by atoms with Gasteiger partial charge in [0, 0.05) is 36.7 Å². The number of piperidine rings is 2. The maximum atomic E-state index is 13.7. The zero-order valence-electron chi connectivity index (χ0n) is 19.9. The molecule has 2 aliphatic carbocycles. The van der Waals surface area contributed by atoms with Gasteiger partial charge in [0.05, 0.1) is 11.7 Å². The van der Waals surface area contributed by atoms with Crippen molar-refractivity contribution in [3.63, 3.8) is 0 Å². The van der Waals surface area contributed by atoms with Crippen molar-refractivity contribution in [2.24, 2.45) is 11.8 Å². The Hall–Kier alpha value is -2.38. The summed E-state index contributed by atoms with van der Waals surface area (Å²) in [6.07, 6.45) is 8.34. The zero-order valence-corrected chi connectivity index (χ0v) is 19.9. The van der Waals surface area contributed by atoms with Gasteiger partial charge in [-0.25, -0.2) is 0 Å². The summed E-state index contributed by atoms with van der Waals surface area (Å²) in [5.41, 5.74) is 0.134. The van der Waals surface area contributed by atoms with Crippen LogP contribution in [0.2, 0.25) is 0 Å². The lowest BCUT2D eigenvalue weighted by molar-refractivity contribution is -0.0875. The van der Waals surface area contributed by atoms with Gasteiger partial charge in [-0.05, 0) is 75.3 Å². The fourth-order valence-electron chi connectivity index (χ4n) is 7.55. The molecule has 4 bridgehead atoms. The first-order valence-corrected chi connectivity index (χ1v) is 13.1. The molecule has 1 aromatic carbocycles. The molecule has 4 heterocycles. The minimum absolute atomic E-state index is 0.0477. The smallest absolute Gasteiger partial charge is 0.267 e. The van der Waals surface area contributed by atoms with Crippen LogP contribution in [0.3, 0.4) is 0 Å². The summed E-state index contributed by atoms with van der Waals surface area (Å²) in [4.78, 5) is 29.9. The van der Waals surface area contributed by atoms with Crippen molar-refractivity contribution >= 4 is 16.8 Å². The number of amides is 1. The van der Waals surface area contributed by atoms with E-state index in [0.29, 0.717) is 49.0 Å². The van der Waals surface area contributed by atoms with Gasteiger partial charge in [-0.15, -0.1) is 0 Å². The Balaban J connectivity index is 1.35. The Morgan fingerprint density at radius 3 is 2.35 bits per heavy atom. The van der Waals surface area contributed by atoms with Gasteiger partial charge in [0.15, 0.2) is 0 Å². The number of carbonyl (C=O) groups excluding carboxylic acids is 1. The van der Waals surface area contributed by atoms with E-state index in [1.165, 1.54) is 32.1 Å². The van der Waals surface area contributed by atoms with Crippen LogP contribution in [0.25, 0.3) is 10.9 Å². The maximum Gasteiger partial charge on any atom is 0.267 e. The number of hydrogen-bond donors (Lipinski definition) is 2. The first kappa shape index (κ1) is 22.1. The average molecular weight is 466 g/mol. The van der Waals surface area contributed by atoms with E-state index in [4.69, 9.17) is 4.74 Å². The summed E-state index contributed by atoms with van der Waals surface area (Å²) in [5, 5.41) is 14.8. The molecule has 7 heteroatoms. The van der Waals surface area contributed by atoms with E-state index >= 15 is 0 Å². The first-order chi connectivity index (χ1) is 16.5. The summed E-state index contributed by atoms with van der Waals surface area (Å²) in [5.74, 6) is 0.998. The van der Waals surface area contributed by atoms with Crippen molar-refractivity contribution in [3.8, 4) is 5.75 Å². The van der Waals surface area contributed by atoms with Gasteiger partial charge in [-0.1, -0.05) is 19.1 Å². The molecule has 0 radical (unpaired) electrons. The number of ether oxygens (including phenoxy) is 1. The van der Waals surface area contributed by atoms with E-state index in [9.17, 15) is 14.7 Å². The van der Waals surface area contributed by atoms with Gasteiger partial charge in [-0.3, -0.25) is 14.5 Å². The quantitative estimate of drug-likeness (QED) is 0.702. The number of rotatable bonds is 5. The molecular formula is C27H35N3O4. The standard InChI is InChI=1S/C27H35N3O4/c1-2-23(29-19-12-16-11-17(14-19)15-20(29)13-16)28-26(32)24-25(31)21-5-3-4-6-22(21)30(27(24)33)18-7-9-34-10-8-18/h3-6,16-20,23,31H,2,7-15H2,1H3,(H,28,32). The van der Waals surface area contributed by atoms with Crippen molar-refractivity contribution in [2.75, 3.05) is 13.2 Å². The highest BCUT2D eigenvalue weighted by Crippen LogP contribution is 2.49. The molecule has 1 atom stereocenters. The van der Waals surface area contributed by atoms with Gasteiger partial charge in [-0.2, -0.15) is 0 Å². The highest BCUT2D eigenvalue weighted by Gasteiger charge is 2.49. The summed E-state index contributed by atoms with van der Waals surface area (Å²) in [6, 6.07) is 8.32. The predicted octanol–water partition coefficient (Wildman–Crippen LogP) is 3.79. The van der Waals surface area contributed by atoms with Gasteiger partial charge < -0.3 is 19.7 Å². The number of hydrogen-bond acceptors (Lipinski definition) is 5. The van der Waals surface area contributed by atoms with Crippen LogP contribution in [0.1, 0.15) is 74.7 Å². The lowest BCUT2D eigenvalue weighted by Gasteiger charge is -2.58. The average Bonchev–Trinajstić information content (AvgIpc) is 2.83. The summed E-state index contributed by atoms with van der Waals surface area (Å²) >= 11 is 0. The monoisotopic (exact) mass is 465 g/mol. The maximum absolute atomic E-state index is 13.7. The Labute approximate surface area is 200 Å². The van der Waals surface area contributed by atoms with E-state index in [0.717, 1.165) is 18.3 Å². The number of fused-ring (bicyclic) bond motifs is 1. The second-order valence-corrected chi connectivity index (χ2v) is 10.8. The first-order valence-electron chi connectivity index (χ1n) is 13.1. The predicted molar refractivity (Wildman–Crippen MR) is 130 cm³/mol. The Kier molecular flexibility index (Phi) is 5.65. The topological polar surface area (TPSA) is 83.8 Å². The van der Waals surface area contributed by atoms with E-state index in [-0.39, 0.29) is 23.5 Å². The molecule has 3 saturated heterocycles. The van der Waals surface area contributed by atoms with Crippen LogP contribution in [0, 0.1) is 11.8 Å². The Bertz CT molecular complexity index is 1120. The van der Waals surface area contributed by atoms with Crippen molar-refractivity contribution in [2.45, 2.75) is 82.6 Å². The third-order valence-electron chi connectivity index (χ3n) is 8.85. The van der Waals surface area contributed by atoms with Crippen molar-refractivity contribution in [3.05, 3.63) is 40.2 Å². The second kappa shape index (κ2) is 8.68. The fourth-order valence-corrected chi connectivity index (χ4v) is 7.55. The lowest BCUT2D eigenvalue weighted by atomic mass is 9.63. The second-order valence-electron chi connectivity index (χ2n) is 10.8. The molecule has 34 heavy (non-hydrogen) atoms.